The Labute approximate surface area is 193 Å². The van der Waals surface area contributed by atoms with Crippen molar-refractivity contribution in [1.29, 1.82) is 0 Å². The Balaban J connectivity index is 1.31. The number of halogens is 4. The number of alkyl halides is 3. The van der Waals surface area contributed by atoms with Crippen LogP contribution in [0.2, 0.25) is 5.02 Å². The summed E-state index contributed by atoms with van der Waals surface area (Å²) in [6, 6.07) is 12.6. The molecule has 33 heavy (non-hydrogen) atoms. The van der Waals surface area contributed by atoms with Crippen LogP contribution in [-0.2, 0) is 25.7 Å². The van der Waals surface area contributed by atoms with E-state index in [1.165, 1.54) is 12.1 Å². The Kier molecular flexibility index (Phi) is 5.64. The first kappa shape index (κ1) is 21.6. The third-order valence-electron chi connectivity index (χ3n) is 5.73. The zero-order valence-electron chi connectivity index (χ0n) is 17.4. The largest absolute Gasteiger partial charge is 0.416 e. The molecule has 4 aromatic rings. The molecule has 0 bridgehead atoms. The number of nitrogens with zero attached hydrogens (tertiary/aromatic N) is 4. The van der Waals surface area contributed by atoms with Crippen molar-refractivity contribution >= 4 is 11.6 Å². The lowest BCUT2D eigenvalue weighted by Crippen LogP contribution is -2.31. The van der Waals surface area contributed by atoms with E-state index in [0.29, 0.717) is 29.5 Å². The van der Waals surface area contributed by atoms with Gasteiger partial charge in [0, 0.05) is 54.0 Å². The molecule has 5 rings (SSSR count). The van der Waals surface area contributed by atoms with E-state index in [-0.39, 0.29) is 0 Å². The Bertz CT molecular complexity index is 1270. The van der Waals surface area contributed by atoms with Crippen LogP contribution in [0.5, 0.6) is 0 Å². The van der Waals surface area contributed by atoms with E-state index in [4.69, 9.17) is 16.6 Å². The molecule has 1 aliphatic rings. The Morgan fingerprint density at radius 3 is 2.42 bits per heavy atom. The van der Waals surface area contributed by atoms with Crippen molar-refractivity contribution in [1.82, 2.24) is 25.1 Å². The molecule has 5 nitrogen and oxygen atoms in total. The zero-order valence-corrected chi connectivity index (χ0v) is 18.2. The van der Waals surface area contributed by atoms with Crippen molar-refractivity contribution in [3.63, 3.8) is 0 Å². The van der Waals surface area contributed by atoms with Crippen molar-refractivity contribution in [2.45, 2.75) is 25.7 Å². The Morgan fingerprint density at radius 2 is 1.70 bits per heavy atom. The standard InChI is InChI=1S/C24H19ClF3N5/c25-20-7-3-16(4-8-20)23-29-11-17-13-33(10-9-21(17)31-23)14-18-12-30-32-22(18)15-1-5-19(6-2-15)24(26,27)28/h1-8,11-12H,9-10,13-14H2,(H,30,32). The average molecular weight is 470 g/mol. The van der Waals surface area contributed by atoms with E-state index in [9.17, 15) is 13.2 Å². The summed E-state index contributed by atoms with van der Waals surface area (Å²) in [5, 5.41) is 7.72. The first-order chi connectivity index (χ1) is 15.9. The highest BCUT2D eigenvalue weighted by Gasteiger charge is 2.30. The molecule has 0 saturated carbocycles. The van der Waals surface area contributed by atoms with Gasteiger partial charge in [-0.15, -0.1) is 0 Å². The molecule has 9 heteroatoms. The summed E-state index contributed by atoms with van der Waals surface area (Å²) >= 11 is 5.97. The van der Waals surface area contributed by atoms with Crippen molar-refractivity contribution < 1.29 is 13.2 Å². The minimum absolute atomic E-state index is 0.616. The van der Waals surface area contributed by atoms with Crippen LogP contribution in [0.25, 0.3) is 22.6 Å². The molecule has 2 aromatic heterocycles. The van der Waals surface area contributed by atoms with Gasteiger partial charge in [-0.05, 0) is 42.0 Å². The van der Waals surface area contributed by atoms with E-state index in [0.717, 1.165) is 53.2 Å². The van der Waals surface area contributed by atoms with Gasteiger partial charge in [0.15, 0.2) is 5.82 Å². The van der Waals surface area contributed by atoms with Gasteiger partial charge in [0.2, 0.25) is 0 Å². The van der Waals surface area contributed by atoms with Crippen LogP contribution in [0.15, 0.2) is 60.9 Å². The van der Waals surface area contributed by atoms with Gasteiger partial charge >= 0.3 is 6.18 Å². The molecule has 0 unspecified atom stereocenters. The van der Waals surface area contributed by atoms with Gasteiger partial charge in [-0.3, -0.25) is 10.00 Å². The second-order valence-corrected chi connectivity index (χ2v) is 8.41. The first-order valence-electron chi connectivity index (χ1n) is 10.4. The van der Waals surface area contributed by atoms with Gasteiger partial charge in [0.1, 0.15) is 0 Å². The fourth-order valence-corrected chi connectivity index (χ4v) is 4.12. The van der Waals surface area contributed by atoms with Crippen LogP contribution in [0.4, 0.5) is 13.2 Å². The fraction of sp³-hybridized carbons (Fsp3) is 0.208. The number of benzene rings is 2. The number of aromatic nitrogens is 4. The van der Waals surface area contributed by atoms with Crippen LogP contribution in [-0.4, -0.2) is 31.6 Å². The third-order valence-corrected chi connectivity index (χ3v) is 5.98. The third kappa shape index (κ3) is 4.62. The van der Waals surface area contributed by atoms with Gasteiger partial charge in [0.25, 0.3) is 0 Å². The SMILES string of the molecule is FC(F)(F)c1ccc(-c2[nH]ncc2CN2CCc3nc(-c4ccc(Cl)cc4)ncc3C2)cc1. The normalized spacial score (nSPS) is 14.3. The van der Waals surface area contributed by atoms with E-state index < -0.39 is 11.7 Å². The van der Waals surface area contributed by atoms with Crippen LogP contribution in [0.3, 0.4) is 0 Å². The summed E-state index contributed by atoms with van der Waals surface area (Å²) in [5.41, 5.74) is 4.67. The molecule has 0 spiro atoms. The monoisotopic (exact) mass is 469 g/mol. The molecule has 0 amide bonds. The molecule has 0 fully saturated rings. The smallest absolute Gasteiger partial charge is 0.294 e. The van der Waals surface area contributed by atoms with Gasteiger partial charge < -0.3 is 0 Å². The number of hydrogen-bond donors (Lipinski definition) is 1. The second-order valence-electron chi connectivity index (χ2n) is 7.98. The number of nitrogens with one attached hydrogen (secondary N) is 1. The second kappa shape index (κ2) is 8.61. The average Bonchev–Trinajstić information content (AvgIpc) is 3.27. The summed E-state index contributed by atoms with van der Waals surface area (Å²) in [5.74, 6) is 0.679. The summed E-state index contributed by atoms with van der Waals surface area (Å²) in [7, 11) is 0. The molecule has 0 radical (unpaired) electrons. The molecule has 0 atom stereocenters. The summed E-state index contributed by atoms with van der Waals surface area (Å²) in [6.07, 6.45) is 0.0190. The summed E-state index contributed by atoms with van der Waals surface area (Å²) in [4.78, 5) is 11.5. The number of fused-ring (bicyclic) bond motifs is 1. The molecule has 2 aromatic carbocycles. The number of aromatic amines is 1. The highest BCUT2D eigenvalue weighted by Crippen LogP contribution is 2.32. The summed E-state index contributed by atoms with van der Waals surface area (Å²) < 4.78 is 38.6. The lowest BCUT2D eigenvalue weighted by molar-refractivity contribution is -0.137. The van der Waals surface area contributed by atoms with Crippen LogP contribution in [0.1, 0.15) is 22.4 Å². The topological polar surface area (TPSA) is 57.7 Å². The minimum atomic E-state index is -4.36. The van der Waals surface area contributed by atoms with Crippen molar-refractivity contribution in [2.24, 2.45) is 0 Å². The van der Waals surface area contributed by atoms with Crippen LogP contribution < -0.4 is 0 Å². The number of hydrogen-bond acceptors (Lipinski definition) is 4. The van der Waals surface area contributed by atoms with E-state index >= 15 is 0 Å². The quantitative estimate of drug-likeness (QED) is 0.412. The maximum atomic E-state index is 12.9. The minimum Gasteiger partial charge on any atom is -0.294 e. The van der Waals surface area contributed by atoms with Crippen LogP contribution >= 0.6 is 11.6 Å². The van der Waals surface area contributed by atoms with Gasteiger partial charge in [-0.1, -0.05) is 23.7 Å². The zero-order chi connectivity index (χ0) is 23.0. The molecule has 168 valence electrons. The van der Waals surface area contributed by atoms with E-state index in [2.05, 4.69) is 20.1 Å². The lowest BCUT2D eigenvalue weighted by Gasteiger charge is -2.28. The maximum Gasteiger partial charge on any atom is 0.416 e. The predicted octanol–water partition coefficient (Wildman–Crippen LogP) is 5.76. The van der Waals surface area contributed by atoms with Gasteiger partial charge in [-0.2, -0.15) is 18.3 Å². The maximum absolute atomic E-state index is 12.9. The summed E-state index contributed by atoms with van der Waals surface area (Å²) in [6.45, 7) is 2.11. The van der Waals surface area contributed by atoms with Gasteiger partial charge in [0.05, 0.1) is 23.1 Å². The van der Waals surface area contributed by atoms with Crippen LogP contribution in [0, 0.1) is 0 Å². The Hall–Kier alpha value is -3.23. The van der Waals surface area contributed by atoms with Crippen molar-refractivity contribution in [3.05, 3.63) is 88.3 Å². The first-order valence-corrected chi connectivity index (χ1v) is 10.8. The van der Waals surface area contributed by atoms with Gasteiger partial charge in [-0.25, -0.2) is 9.97 Å². The fourth-order valence-electron chi connectivity index (χ4n) is 4.00. The lowest BCUT2D eigenvalue weighted by atomic mass is 10.0. The molecule has 1 aliphatic heterocycles. The van der Waals surface area contributed by atoms with E-state index in [1.807, 2.05) is 30.5 Å². The molecular weight excluding hydrogens is 451 g/mol. The Morgan fingerprint density at radius 1 is 0.970 bits per heavy atom. The molecule has 0 saturated heterocycles. The predicted molar refractivity (Wildman–Crippen MR) is 119 cm³/mol. The van der Waals surface area contributed by atoms with Crippen molar-refractivity contribution in [2.75, 3.05) is 6.54 Å². The van der Waals surface area contributed by atoms with E-state index in [1.54, 1.807) is 6.20 Å². The number of rotatable bonds is 4. The molecule has 0 aliphatic carbocycles. The number of H-pyrrole nitrogens is 1. The molecule has 3 heterocycles. The highest BCUT2D eigenvalue weighted by atomic mass is 35.5. The molecular formula is C24H19ClF3N5. The van der Waals surface area contributed by atoms with Crippen molar-refractivity contribution in [3.8, 4) is 22.6 Å². The molecule has 1 N–H and O–H groups in total. The highest BCUT2D eigenvalue weighted by molar-refractivity contribution is 6.30.